The van der Waals surface area contributed by atoms with E-state index in [9.17, 15) is 4.79 Å². The Morgan fingerprint density at radius 2 is 2.18 bits per heavy atom. The van der Waals surface area contributed by atoms with Gasteiger partial charge in [-0.3, -0.25) is 4.79 Å². The van der Waals surface area contributed by atoms with Crippen molar-refractivity contribution < 1.29 is 4.79 Å². The van der Waals surface area contributed by atoms with Crippen LogP contribution in [0.5, 0.6) is 0 Å². The number of anilines is 2. The largest absolute Gasteiger partial charge is 0.397 e. The maximum atomic E-state index is 11.5. The van der Waals surface area contributed by atoms with Gasteiger partial charge in [-0.1, -0.05) is 13.0 Å². The Morgan fingerprint density at radius 3 is 2.71 bits per heavy atom. The monoisotopic (exact) mass is 235 g/mol. The molecular weight excluding hydrogens is 214 g/mol. The van der Waals surface area contributed by atoms with Crippen LogP contribution in [-0.2, 0) is 4.79 Å². The van der Waals surface area contributed by atoms with E-state index < -0.39 is 0 Å². The summed E-state index contributed by atoms with van der Waals surface area (Å²) in [5, 5.41) is 2.63. The molecule has 0 unspecified atom stereocenters. The minimum atomic E-state index is -0.00146. The van der Waals surface area contributed by atoms with Crippen LogP contribution >= 0.6 is 0 Å². The minimum absolute atomic E-state index is 0.00146. The molecule has 1 amide bonds. The smallest absolute Gasteiger partial charge is 0.239 e. The molecule has 17 heavy (non-hydrogen) atoms. The molecule has 1 aromatic carbocycles. The van der Waals surface area contributed by atoms with Gasteiger partial charge in [-0.25, -0.2) is 0 Å². The summed E-state index contributed by atoms with van der Waals surface area (Å²) >= 11 is 0. The summed E-state index contributed by atoms with van der Waals surface area (Å²) in [6.45, 7) is 5.25. The summed E-state index contributed by atoms with van der Waals surface area (Å²) in [5.41, 5.74) is 8.78. The van der Waals surface area contributed by atoms with E-state index in [1.54, 1.807) is 7.05 Å². The van der Waals surface area contributed by atoms with Gasteiger partial charge in [0.2, 0.25) is 5.91 Å². The third-order valence-electron chi connectivity index (χ3n) is 2.63. The Morgan fingerprint density at radius 1 is 1.47 bits per heavy atom. The van der Waals surface area contributed by atoms with E-state index in [-0.39, 0.29) is 5.91 Å². The van der Waals surface area contributed by atoms with Crippen molar-refractivity contribution in [2.75, 3.05) is 30.8 Å². The summed E-state index contributed by atoms with van der Waals surface area (Å²) in [4.78, 5) is 13.5. The lowest BCUT2D eigenvalue weighted by atomic mass is 10.1. The van der Waals surface area contributed by atoms with Crippen LogP contribution in [0.2, 0.25) is 0 Å². The lowest BCUT2D eigenvalue weighted by Crippen LogP contribution is -2.36. The van der Waals surface area contributed by atoms with Gasteiger partial charge in [0.25, 0.3) is 0 Å². The molecule has 4 nitrogen and oxygen atoms in total. The van der Waals surface area contributed by atoms with Gasteiger partial charge in [-0.15, -0.1) is 0 Å². The minimum Gasteiger partial charge on any atom is -0.397 e. The van der Waals surface area contributed by atoms with Gasteiger partial charge in [-0.05, 0) is 31.0 Å². The predicted octanol–water partition coefficient (Wildman–Crippen LogP) is 1.54. The molecule has 1 aromatic rings. The number of benzene rings is 1. The highest BCUT2D eigenvalue weighted by molar-refractivity contribution is 5.82. The maximum absolute atomic E-state index is 11.5. The number of aryl methyl sites for hydroxylation is 1. The van der Waals surface area contributed by atoms with E-state index in [4.69, 9.17) is 5.73 Å². The summed E-state index contributed by atoms with van der Waals surface area (Å²) in [6, 6.07) is 5.92. The fourth-order valence-electron chi connectivity index (χ4n) is 1.77. The van der Waals surface area contributed by atoms with E-state index in [0.29, 0.717) is 6.54 Å². The van der Waals surface area contributed by atoms with Crippen molar-refractivity contribution in [3.05, 3.63) is 23.8 Å². The standard InChI is InChI=1S/C13H21N3O/c1-4-7-16(9-13(17)15-3)12-6-5-10(2)8-11(12)14/h5-6,8H,4,7,9,14H2,1-3H3,(H,15,17). The molecule has 0 aliphatic heterocycles. The van der Waals surface area contributed by atoms with Gasteiger partial charge < -0.3 is 16.0 Å². The third kappa shape index (κ3) is 3.66. The molecule has 0 aliphatic carbocycles. The zero-order valence-electron chi connectivity index (χ0n) is 10.8. The van der Waals surface area contributed by atoms with Crippen LogP contribution in [-0.4, -0.2) is 26.0 Å². The van der Waals surface area contributed by atoms with Crippen LogP contribution in [0.25, 0.3) is 0 Å². The van der Waals surface area contributed by atoms with Crippen LogP contribution < -0.4 is 16.0 Å². The van der Waals surface area contributed by atoms with Crippen molar-refractivity contribution in [3.63, 3.8) is 0 Å². The summed E-state index contributed by atoms with van der Waals surface area (Å²) in [6.07, 6.45) is 0.976. The van der Waals surface area contributed by atoms with Crippen molar-refractivity contribution >= 4 is 17.3 Å². The highest BCUT2D eigenvalue weighted by Crippen LogP contribution is 2.24. The number of nitrogen functional groups attached to an aromatic ring is 1. The molecule has 0 aliphatic rings. The molecule has 4 heteroatoms. The molecular formula is C13H21N3O. The summed E-state index contributed by atoms with van der Waals surface area (Å²) in [7, 11) is 1.64. The zero-order chi connectivity index (χ0) is 12.8. The molecule has 0 saturated carbocycles. The lowest BCUT2D eigenvalue weighted by Gasteiger charge is -2.25. The third-order valence-corrected chi connectivity index (χ3v) is 2.63. The molecule has 1 rings (SSSR count). The fourth-order valence-corrected chi connectivity index (χ4v) is 1.77. The van der Waals surface area contributed by atoms with Crippen LogP contribution in [0, 0.1) is 6.92 Å². The Labute approximate surface area is 103 Å². The number of hydrogen-bond donors (Lipinski definition) is 2. The predicted molar refractivity (Wildman–Crippen MR) is 72.2 cm³/mol. The average molecular weight is 235 g/mol. The van der Waals surface area contributed by atoms with E-state index in [1.807, 2.05) is 30.0 Å². The van der Waals surface area contributed by atoms with Gasteiger partial charge >= 0.3 is 0 Å². The second kappa shape index (κ2) is 6.13. The fraction of sp³-hybridized carbons (Fsp3) is 0.462. The van der Waals surface area contributed by atoms with Gasteiger partial charge in [0.1, 0.15) is 0 Å². The lowest BCUT2D eigenvalue weighted by molar-refractivity contribution is -0.119. The van der Waals surface area contributed by atoms with Crippen LogP contribution in [0.1, 0.15) is 18.9 Å². The number of likely N-dealkylation sites (N-methyl/N-ethyl adjacent to an activating group) is 1. The Bertz CT molecular complexity index is 390. The van der Waals surface area contributed by atoms with Gasteiger partial charge in [0, 0.05) is 13.6 Å². The number of nitrogens with zero attached hydrogens (tertiary/aromatic N) is 1. The van der Waals surface area contributed by atoms with Crippen LogP contribution in [0.15, 0.2) is 18.2 Å². The van der Waals surface area contributed by atoms with Gasteiger partial charge in [0.05, 0.1) is 17.9 Å². The number of carbonyl (C=O) groups is 1. The van der Waals surface area contributed by atoms with E-state index in [0.717, 1.165) is 29.9 Å². The molecule has 94 valence electrons. The number of rotatable bonds is 5. The topological polar surface area (TPSA) is 58.4 Å². The molecule has 0 radical (unpaired) electrons. The van der Waals surface area contributed by atoms with Gasteiger partial charge in [-0.2, -0.15) is 0 Å². The molecule has 0 aromatic heterocycles. The van der Waals surface area contributed by atoms with Crippen molar-refractivity contribution in [1.29, 1.82) is 0 Å². The summed E-state index contributed by atoms with van der Waals surface area (Å²) in [5.74, 6) is -0.00146. The first-order chi connectivity index (χ1) is 8.08. The SMILES string of the molecule is CCCN(CC(=O)NC)c1ccc(C)cc1N. The second-order valence-corrected chi connectivity index (χ2v) is 4.16. The van der Waals surface area contributed by atoms with Crippen molar-refractivity contribution in [1.82, 2.24) is 5.32 Å². The van der Waals surface area contributed by atoms with Crippen molar-refractivity contribution in [2.45, 2.75) is 20.3 Å². The second-order valence-electron chi connectivity index (χ2n) is 4.16. The Balaban J connectivity index is 2.92. The number of nitrogens with two attached hydrogens (primary N) is 1. The first-order valence-corrected chi connectivity index (χ1v) is 5.90. The molecule has 0 fully saturated rings. The molecule has 3 N–H and O–H groups in total. The molecule has 0 bridgehead atoms. The quantitative estimate of drug-likeness (QED) is 0.761. The average Bonchev–Trinajstić information content (AvgIpc) is 2.28. The van der Waals surface area contributed by atoms with Crippen LogP contribution in [0.4, 0.5) is 11.4 Å². The Kier molecular flexibility index (Phi) is 4.82. The van der Waals surface area contributed by atoms with Gasteiger partial charge in [0.15, 0.2) is 0 Å². The van der Waals surface area contributed by atoms with E-state index in [2.05, 4.69) is 12.2 Å². The van der Waals surface area contributed by atoms with Crippen LogP contribution in [0.3, 0.4) is 0 Å². The first kappa shape index (κ1) is 13.4. The summed E-state index contributed by atoms with van der Waals surface area (Å²) < 4.78 is 0. The molecule has 0 atom stereocenters. The first-order valence-electron chi connectivity index (χ1n) is 5.90. The highest BCUT2D eigenvalue weighted by Gasteiger charge is 2.12. The normalized spacial score (nSPS) is 10.1. The van der Waals surface area contributed by atoms with E-state index >= 15 is 0 Å². The maximum Gasteiger partial charge on any atom is 0.239 e. The number of carbonyl (C=O) groups excluding carboxylic acids is 1. The number of amides is 1. The number of nitrogens with one attached hydrogen (secondary N) is 1. The zero-order valence-corrected chi connectivity index (χ0v) is 10.8. The highest BCUT2D eigenvalue weighted by atomic mass is 16.1. The Hall–Kier alpha value is -1.71. The van der Waals surface area contributed by atoms with E-state index in [1.165, 1.54) is 0 Å². The van der Waals surface area contributed by atoms with Crippen molar-refractivity contribution in [2.24, 2.45) is 0 Å². The molecule has 0 heterocycles. The molecule has 0 saturated heterocycles. The molecule has 0 spiro atoms. The van der Waals surface area contributed by atoms with Crippen molar-refractivity contribution in [3.8, 4) is 0 Å². The number of hydrogen-bond acceptors (Lipinski definition) is 3.